The fourth-order valence-electron chi connectivity index (χ4n) is 3.16. The average Bonchev–Trinajstić information content (AvgIpc) is 2.94. The van der Waals surface area contributed by atoms with Crippen molar-refractivity contribution in [1.29, 1.82) is 0 Å². The SMILES string of the molecule is COc1ccc(C(=O)N2CC/C(=N\O)c3c(C)nn(C)c32)cc1OC. The number of benzene rings is 1. The molecule has 0 aliphatic carbocycles. The standard InChI is InChI=1S/C17H20N4O4/c1-10-15-12(19-23)7-8-21(16(15)20(2)18-10)17(22)11-5-6-13(24-3)14(9-11)25-4/h5-6,9,23H,7-8H2,1-4H3/b19-12+. The van der Waals surface area contributed by atoms with E-state index >= 15 is 0 Å². The predicted molar refractivity (Wildman–Crippen MR) is 92.1 cm³/mol. The maximum Gasteiger partial charge on any atom is 0.259 e. The van der Waals surface area contributed by atoms with Gasteiger partial charge in [-0.25, -0.2) is 0 Å². The number of carbonyl (C=O) groups is 1. The van der Waals surface area contributed by atoms with Crippen LogP contribution >= 0.6 is 0 Å². The van der Waals surface area contributed by atoms with Crippen LogP contribution < -0.4 is 14.4 Å². The van der Waals surface area contributed by atoms with E-state index in [0.29, 0.717) is 47.1 Å². The highest BCUT2D eigenvalue weighted by Gasteiger charge is 2.32. The van der Waals surface area contributed by atoms with Crippen LogP contribution in [-0.2, 0) is 7.05 Å². The molecule has 132 valence electrons. The van der Waals surface area contributed by atoms with E-state index in [2.05, 4.69) is 10.3 Å². The van der Waals surface area contributed by atoms with Gasteiger partial charge < -0.3 is 14.7 Å². The molecule has 0 fully saturated rings. The smallest absolute Gasteiger partial charge is 0.259 e. The Bertz CT molecular complexity index is 857. The van der Waals surface area contributed by atoms with Gasteiger partial charge in [-0.2, -0.15) is 5.10 Å². The van der Waals surface area contributed by atoms with Gasteiger partial charge in [0, 0.05) is 25.6 Å². The molecule has 3 rings (SSSR count). The molecule has 0 radical (unpaired) electrons. The van der Waals surface area contributed by atoms with E-state index in [-0.39, 0.29) is 5.91 Å². The first kappa shape index (κ1) is 16.8. The Morgan fingerprint density at radius 3 is 2.64 bits per heavy atom. The van der Waals surface area contributed by atoms with Crippen molar-refractivity contribution in [3.8, 4) is 11.5 Å². The zero-order valence-electron chi connectivity index (χ0n) is 14.6. The van der Waals surface area contributed by atoms with E-state index in [1.54, 1.807) is 41.9 Å². The number of methoxy groups -OCH3 is 2. The molecule has 8 nitrogen and oxygen atoms in total. The molecule has 1 amide bonds. The topological polar surface area (TPSA) is 89.2 Å². The van der Waals surface area contributed by atoms with Gasteiger partial charge in [0.15, 0.2) is 11.5 Å². The van der Waals surface area contributed by atoms with Gasteiger partial charge in [-0.3, -0.25) is 14.4 Å². The van der Waals surface area contributed by atoms with Crippen LogP contribution in [0.5, 0.6) is 11.5 Å². The highest BCUT2D eigenvalue weighted by atomic mass is 16.5. The minimum Gasteiger partial charge on any atom is -0.493 e. The van der Waals surface area contributed by atoms with Crippen LogP contribution in [0.25, 0.3) is 0 Å². The molecule has 1 aliphatic heterocycles. The van der Waals surface area contributed by atoms with Gasteiger partial charge in [-0.1, -0.05) is 5.16 Å². The van der Waals surface area contributed by atoms with E-state index in [1.807, 2.05) is 6.92 Å². The summed E-state index contributed by atoms with van der Waals surface area (Å²) in [5, 5.41) is 17.0. The number of fused-ring (bicyclic) bond motifs is 1. The number of nitrogens with zero attached hydrogens (tertiary/aromatic N) is 4. The Labute approximate surface area is 145 Å². The number of rotatable bonds is 3. The lowest BCUT2D eigenvalue weighted by Crippen LogP contribution is -2.38. The maximum absolute atomic E-state index is 13.1. The van der Waals surface area contributed by atoms with Crippen LogP contribution in [0, 0.1) is 6.92 Å². The second-order valence-corrected chi connectivity index (χ2v) is 5.73. The zero-order valence-corrected chi connectivity index (χ0v) is 14.6. The van der Waals surface area contributed by atoms with E-state index in [9.17, 15) is 10.0 Å². The molecule has 2 aromatic rings. The molecule has 0 spiro atoms. The number of aromatic nitrogens is 2. The molecule has 1 aromatic heterocycles. The van der Waals surface area contributed by atoms with Crippen LogP contribution in [0.15, 0.2) is 23.4 Å². The van der Waals surface area contributed by atoms with E-state index in [0.717, 1.165) is 5.69 Å². The van der Waals surface area contributed by atoms with Crippen molar-refractivity contribution in [2.45, 2.75) is 13.3 Å². The molecule has 1 aliphatic rings. The average molecular weight is 344 g/mol. The lowest BCUT2D eigenvalue weighted by Gasteiger charge is -2.28. The Kier molecular flexibility index (Phi) is 4.35. The predicted octanol–water partition coefficient (Wildman–Crippen LogP) is 1.97. The Hall–Kier alpha value is -3.03. The first-order valence-corrected chi connectivity index (χ1v) is 7.80. The second-order valence-electron chi connectivity index (χ2n) is 5.73. The van der Waals surface area contributed by atoms with Crippen LogP contribution in [-0.4, -0.2) is 47.4 Å². The van der Waals surface area contributed by atoms with Crippen molar-refractivity contribution in [3.63, 3.8) is 0 Å². The number of hydrogen-bond acceptors (Lipinski definition) is 6. The Balaban J connectivity index is 2.05. The maximum atomic E-state index is 13.1. The van der Waals surface area contributed by atoms with Gasteiger partial charge in [0.25, 0.3) is 5.91 Å². The summed E-state index contributed by atoms with van der Waals surface area (Å²) >= 11 is 0. The lowest BCUT2D eigenvalue weighted by molar-refractivity contribution is 0.0985. The van der Waals surface area contributed by atoms with E-state index < -0.39 is 0 Å². The molecule has 1 N–H and O–H groups in total. The van der Waals surface area contributed by atoms with Crippen molar-refractivity contribution >= 4 is 17.4 Å². The summed E-state index contributed by atoms with van der Waals surface area (Å²) in [6.07, 6.45) is 0.453. The van der Waals surface area contributed by atoms with Crippen molar-refractivity contribution in [1.82, 2.24) is 9.78 Å². The third-order valence-corrected chi connectivity index (χ3v) is 4.30. The minimum atomic E-state index is -0.179. The third-order valence-electron chi connectivity index (χ3n) is 4.30. The first-order valence-electron chi connectivity index (χ1n) is 7.80. The minimum absolute atomic E-state index is 0.179. The highest BCUT2D eigenvalue weighted by Crippen LogP contribution is 2.33. The molecule has 2 heterocycles. The summed E-state index contributed by atoms with van der Waals surface area (Å²) in [6, 6.07) is 5.05. The fraction of sp³-hybridized carbons (Fsp3) is 0.353. The Morgan fingerprint density at radius 2 is 2.00 bits per heavy atom. The fourth-order valence-corrected chi connectivity index (χ4v) is 3.16. The van der Waals surface area contributed by atoms with Gasteiger partial charge in [0.2, 0.25) is 0 Å². The summed E-state index contributed by atoms with van der Waals surface area (Å²) in [5.74, 6) is 1.49. The van der Waals surface area contributed by atoms with Gasteiger partial charge in [-0.15, -0.1) is 0 Å². The zero-order chi connectivity index (χ0) is 18.1. The van der Waals surface area contributed by atoms with Crippen molar-refractivity contribution in [2.75, 3.05) is 25.7 Å². The molecule has 0 unspecified atom stereocenters. The molecule has 25 heavy (non-hydrogen) atoms. The third kappa shape index (κ3) is 2.69. The molecule has 1 aromatic carbocycles. The number of anilines is 1. The number of carbonyl (C=O) groups excluding carboxylic acids is 1. The first-order chi connectivity index (χ1) is 12.0. The lowest BCUT2D eigenvalue weighted by atomic mass is 10.0. The van der Waals surface area contributed by atoms with E-state index in [4.69, 9.17) is 9.47 Å². The van der Waals surface area contributed by atoms with Gasteiger partial charge in [0.05, 0.1) is 31.2 Å². The van der Waals surface area contributed by atoms with Gasteiger partial charge >= 0.3 is 0 Å². The highest BCUT2D eigenvalue weighted by molar-refractivity contribution is 6.14. The van der Waals surface area contributed by atoms with Crippen LogP contribution in [0.2, 0.25) is 0 Å². The van der Waals surface area contributed by atoms with Crippen molar-refractivity contribution < 1.29 is 19.5 Å². The normalized spacial score (nSPS) is 15.2. The summed E-state index contributed by atoms with van der Waals surface area (Å²) in [5.41, 5.74) is 2.43. The van der Waals surface area contributed by atoms with Gasteiger partial charge in [0.1, 0.15) is 5.82 Å². The van der Waals surface area contributed by atoms with Crippen LogP contribution in [0.3, 0.4) is 0 Å². The summed E-state index contributed by atoms with van der Waals surface area (Å²) in [4.78, 5) is 14.7. The molecule has 0 atom stereocenters. The molecular formula is C17H20N4O4. The number of hydrogen-bond donors (Lipinski definition) is 1. The molecule has 8 heteroatoms. The van der Waals surface area contributed by atoms with Crippen LogP contribution in [0.4, 0.5) is 5.82 Å². The van der Waals surface area contributed by atoms with Gasteiger partial charge in [-0.05, 0) is 25.1 Å². The molecular weight excluding hydrogens is 324 g/mol. The number of ether oxygens (including phenoxy) is 2. The largest absolute Gasteiger partial charge is 0.493 e. The summed E-state index contributed by atoms with van der Waals surface area (Å²) < 4.78 is 12.1. The van der Waals surface area contributed by atoms with Crippen LogP contribution in [0.1, 0.15) is 28.0 Å². The monoisotopic (exact) mass is 344 g/mol. The van der Waals surface area contributed by atoms with E-state index in [1.165, 1.54) is 7.11 Å². The molecule has 0 bridgehead atoms. The van der Waals surface area contributed by atoms with Crippen molar-refractivity contribution in [2.24, 2.45) is 12.2 Å². The van der Waals surface area contributed by atoms with Crippen molar-refractivity contribution in [3.05, 3.63) is 35.0 Å². The summed E-state index contributed by atoms with van der Waals surface area (Å²) in [6.45, 7) is 2.23. The second kappa shape index (κ2) is 6.46. The quantitative estimate of drug-likeness (QED) is 0.679. The molecule has 0 saturated carbocycles. The summed E-state index contributed by atoms with van der Waals surface area (Å²) in [7, 11) is 4.84. The Morgan fingerprint density at radius 1 is 1.28 bits per heavy atom. The number of aryl methyl sites for hydroxylation is 2. The number of oxime groups is 1. The molecule has 0 saturated heterocycles. The number of amides is 1.